The van der Waals surface area contributed by atoms with Crippen LogP contribution >= 0.6 is 0 Å². The van der Waals surface area contributed by atoms with Gasteiger partial charge in [0.2, 0.25) is 0 Å². The maximum Gasteiger partial charge on any atom is 0.306 e. The van der Waals surface area contributed by atoms with E-state index < -0.39 is 27.3 Å². The van der Waals surface area contributed by atoms with Crippen LogP contribution in [0.4, 0.5) is 0 Å². The molecule has 0 aromatic rings. The molecule has 0 aromatic heterocycles. The fourth-order valence-electron chi connectivity index (χ4n) is 2.21. The zero-order valence-corrected chi connectivity index (χ0v) is 11.0. The lowest BCUT2D eigenvalue weighted by atomic mass is 9.81. The van der Waals surface area contributed by atoms with Crippen LogP contribution in [0.5, 0.6) is 0 Å². The highest BCUT2D eigenvalue weighted by Gasteiger charge is 2.40. The van der Waals surface area contributed by atoms with Crippen molar-refractivity contribution in [2.24, 2.45) is 11.8 Å². The fourth-order valence-corrected chi connectivity index (χ4v) is 4.09. The van der Waals surface area contributed by atoms with Crippen molar-refractivity contribution in [1.29, 1.82) is 0 Å². The van der Waals surface area contributed by atoms with Crippen LogP contribution in [0.15, 0.2) is 0 Å². The molecular formula is C11H20O5S. The van der Waals surface area contributed by atoms with Crippen LogP contribution in [0.25, 0.3) is 0 Å². The quantitative estimate of drug-likeness (QED) is 0.761. The van der Waals surface area contributed by atoms with Gasteiger partial charge in [-0.05, 0) is 32.1 Å². The highest BCUT2D eigenvalue weighted by molar-refractivity contribution is 7.91. The smallest absolute Gasteiger partial charge is 0.306 e. The molecule has 1 saturated heterocycles. The Balaban J connectivity index is 2.78. The average molecular weight is 264 g/mol. The summed E-state index contributed by atoms with van der Waals surface area (Å²) in [6.45, 7) is 3.37. The Morgan fingerprint density at radius 3 is 2.47 bits per heavy atom. The van der Waals surface area contributed by atoms with E-state index in [2.05, 4.69) is 0 Å². The summed E-state index contributed by atoms with van der Waals surface area (Å²) in [6.07, 6.45) is 0.953. The van der Waals surface area contributed by atoms with Gasteiger partial charge in [0.1, 0.15) is 0 Å². The maximum atomic E-state index is 11.3. The molecule has 3 atom stereocenters. The predicted octanol–water partition coefficient (Wildman–Crippen LogP) is 0.673. The Hall–Kier alpha value is -0.620. The number of aliphatic hydroxyl groups is 1. The van der Waals surface area contributed by atoms with Gasteiger partial charge in [-0.2, -0.15) is 0 Å². The monoisotopic (exact) mass is 264 g/mol. The van der Waals surface area contributed by atoms with E-state index in [0.29, 0.717) is 12.8 Å². The number of carbonyl (C=O) groups is 1. The molecule has 1 heterocycles. The van der Waals surface area contributed by atoms with E-state index in [1.165, 1.54) is 0 Å². The molecule has 0 radical (unpaired) electrons. The predicted molar refractivity (Wildman–Crippen MR) is 63.4 cm³/mol. The molecule has 0 aromatic carbocycles. The van der Waals surface area contributed by atoms with Gasteiger partial charge in [-0.25, -0.2) is 8.42 Å². The molecule has 0 spiro atoms. The number of rotatable bonds is 5. The van der Waals surface area contributed by atoms with Gasteiger partial charge >= 0.3 is 5.97 Å². The first kappa shape index (κ1) is 14.4. The highest BCUT2D eigenvalue weighted by Crippen LogP contribution is 2.32. The summed E-state index contributed by atoms with van der Waals surface area (Å²) in [4.78, 5) is 11.2. The second kappa shape index (κ2) is 4.94. The summed E-state index contributed by atoms with van der Waals surface area (Å²) in [6, 6.07) is 0. The average Bonchev–Trinajstić information content (AvgIpc) is 2.55. The third kappa shape index (κ3) is 3.96. The van der Waals surface area contributed by atoms with E-state index in [1.807, 2.05) is 0 Å². The molecule has 100 valence electrons. The van der Waals surface area contributed by atoms with Gasteiger partial charge in [0.15, 0.2) is 9.84 Å². The number of hydrogen-bond acceptors (Lipinski definition) is 4. The van der Waals surface area contributed by atoms with Gasteiger partial charge in [0.05, 0.1) is 23.0 Å². The van der Waals surface area contributed by atoms with Crippen molar-refractivity contribution in [2.75, 3.05) is 11.5 Å². The lowest BCUT2D eigenvalue weighted by molar-refractivity contribution is -0.146. The van der Waals surface area contributed by atoms with E-state index in [4.69, 9.17) is 5.11 Å². The third-order valence-corrected chi connectivity index (χ3v) is 5.37. The van der Waals surface area contributed by atoms with Crippen molar-refractivity contribution in [3.8, 4) is 0 Å². The van der Waals surface area contributed by atoms with Gasteiger partial charge in [-0.3, -0.25) is 4.79 Å². The second-order valence-corrected chi connectivity index (χ2v) is 7.39. The van der Waals surface area contributed by atoms with Crippen molar-refractivity contribution in [2.45, 2.75) is 38.7 Å². The van der Waals surface area contributed by atoms with Crippen molar-refractivity contribution in [3.05, 3.63) is 0 Å². The molecule has 2 N–H and O–H groups in total. The van der Waals surface area contributed by atoms with Crippen LogP contribution in [-0.2, 0) is 14.6 Å². The molecule has 0 bridgehead atoms. The Morgan fingerprint density at radius 2 is 2.12 bits per heavy atom. The fraction of sp³-hybridized carbons (Fsp3) is 0.909. The topological polar surface area (TPSA) is 91.7 Å². The van der Waals surface area contributed by atoms with E-state index in [0.717, 1.165) is 0 Å². The number of aliphatic carboxylic acids is 1. The van der Waals surface area contributed by atoms with Gasteiger partial charge in [-0.1, -0.05) is 6.92 Å². The Kier molecular flexibility index (Phi) is 4.19. The van der Waals surface area contributed by atoms with Crippen molar-refractivity contribution in [3.63, 3.8) is 0 Å². The molecule has 1 aliphatic rings. The minimum Gasteiger partial charge on any atom is -0.481 e. The van der Waals surface area contributed by atoms with Gasteiger partial charge < -0.3 is 10.2 Å². The Labute approximate surface area is 102 Å². The first-order chi connectivity index (χ1) is 7.67. The van der Waals surface area contributed by atoms with Crippen LogP contribution in [0.3, 0.4) is 0 Å². The maximum absolute atomic E-state index is 11.3. The van der Waals surface area contributed by atoms with Crippen LogP contribution in [0.1, 0.15) is 33.1 Å². The third-order valence-electron chi connectivity index (χ3n) is 3.58. The largest absolute Gasteiger partial charge is 0.481 e. The van der Waals surface area contributed by atoms with Gasteiger partial charge in [-0.15, -0.1) is 0 Å². The van der Waals surface area contributed by atoms with E-state index >= 15 is 0 Å². The molecule has 1 fully saturated rings. The SMILES string of the molecule is CCC(C)(O)CC(C(=O)O)C1CCS(=O)(=O)C1. The van der Waals surface area contributed by atoms with E-state index in [1.54, 1.807) is 13.8 Å². The van der Waals surface area contributed by atoms with Crippen LogP contribution < -0.4 is 0 Å². The van der Waals surface area contributed by atoms with E-state index in [9.17, 15) is 18.3 Å². The summed E-state index contributed by atoms with van der Waals surface area (Å²) in [7, 11) is -3.08. The second-order valence-electron chi connectivity index (χ2n) is 5.16. The Morgan fingerprint density at radius 1 is 1.53 bits per heavy atom. The van der Waals surface area contributed by atoms with Crippen LogP contribution in [0.2, 0.25) is 0 Å². The molecule has 0 aliphatic carbocycles. The molecule has 3 unspecified atom stereocenters. The first-order valence-corrected chi connectivity index (χ1v) is 7.64. The number of carboxylic acids is 1. The minimum absolute atomic E-state index is 0.0652. The molecular weight excluding hydrogens is 244 g/mol. The van der Waals surface area contributed by atoms with Crippen molar-refractivity contribution in [1.82, 2.24) is 0 Å². The molecule has 5 nitrogen and oxygen atoms in total. The number of sulfone groups is 1. The van der Waals surface area contributed by atoms with E-state index in [-0.39, 0.29) is 23.8 Å². The number of hydrogen-bond donors (Lipinski definition) is 2. The molecule has 0 amide bonds. The lowest BCUT2D eigenvalue weighted by Gasteiger charge is -2.28. The first-order valence-electron chi connectivity index (χ1n) is 5.82. The summed E-state index contributed by atoms with van der Waals surface area (Å²) >= 11 is 0. The highest BCUT2D eigenvalue weighted by atomic mass is 32.2. The standard InChI is InChI=1S/C11H20O5S/c1-3-11(2,14)6-9(10(12)13)8-4-5-17(15,16)7-8/h8-9,14H,3-7H2,1-2H3,(H,12,13). The molecule has 0 saturated carbocycles. The Bertz CT molecular complexity index is 385. The summed E-state index contributed by atoms with van der Waals surface area (Å²) < 4.78 is 22.7. The number of carboxylic acid groups (broad SMARTS) is 1. The normalized spacial score (nSPS) is 28.5. The molecule has 17 heavy (non-hydrogen) atoms. The molecule has 6 heteroatoms. The zero-order valence-electron chi connectivity index (χ0n) is 10.2. The van der Waals surface area contributed by atoms with Crippen molar-refractivity contribution < 1.29 is 23.4 Å². The van der Waals surface area contributed by atoms with Crippen LogP contribution in [-0.4, -0.2) is 41.7 Å². The lowest BCUT2D eigenvalue weighted by Crippen LogP contribution is -2.34. The minimum atomic E-state index is -3.08. The molecule has 1 rings (SSSR count). The van der Waals surface area contributed by atoms with Gasteiger partial charge in [0.25, 0.3) is 0 Å². The summed E-state index contributed by atoms with van der Waals surface area (Å²) in [5, 5.41) is 19.1. The zero-order chi connectivity index (χ0) is 13.3. The van der Waals surface area contributed by atoms with Crippen molar-refractivity contribution >= 4 is 15.8 Å². The summed E-state index contributed by atoms with van der Waals surface area (Å²) in [5.74, 6) is -2.15. The van der Waals surface area contributed by atoms with Gasteiger partial charge in [0, 0.05) is 0 Å². The van der Waals surface area contributed by atoms with Crippen LogP contribution in [0, 0.1) is 11.8 Å². The summed E-state index contributed by atoms with van der Waals surface area (Å²) in [5.41, 5.74) is -1.05. The molecule has 1 aliphatic heterocycles.